The van der Waals surface area contributed by atoms with E-state index < -0.39 is 5.91 Å². The van der Waals surface area contributed by atoms with Crippen LogP contribution in [0, 0.1) is 12.3 Å². The Hall–Kier alpha value is -3.70. The van der Waals surface area contributed by atoms with Crippen LogP contribution in [0.4, 0.5) is 0 Å². The predicted octanol–water partition coefficient (Wildman–Crippen LogP) is 3.56. The zero-order valence-corrected chi connectivity index (χ0v) is 16.1. The van der Waals surface area contributed by atoms with Crippen LogP contribution in [0.3, 0.4) is 0 Å². The van der Waals surface area contributed by atoms with Crippen molar-refractivity contribution in [2.24, 2.45) is 4.99 Å². The summed E-state index contributed by atoms with van der Waals surface area (Å²) in [6, 6.07) is 10.8. The molecule has 0 saturated heterocycles. The summed E-state index contributed by atoms with van der Waals surface area (Å²) in [5.74, 6) is 4.09. The Morgan fingerprint density at radius 1 is 1.31 bits per heavy atom. The van der Waals surface area contributed by atoms with Crippen molar-refractivity contribution < 1.29 is 23.4 Å². The van der Waals surface area contributed by atoms with Gasteiger partial charge in [-0.1, -0.05) is 29.4 Å². The fraction of sp³-hybridized carbons (Fsp3) is 0.143. The lowest BCUT2D eigenvalue weighted by Crippen LogP contribution is -2.16. The van der Waals surface area contributed by atoms with E-state index in [0.717, 1.165) is 15.6 Å². The van der Waals surface area contributed by atoms with Crippen molar-refractivity contribution in [1.29, 1.82) is 0 Å². The van der Waals surface area contributed by atoms with E-state index in [2.05, 4.69) is 10.9 Å². The predicted molar refractivity (Wildman–Crippen MR) is 107 cm³/mol. The number of nitrogens with zero attached hydrogens (tertiary/aromatic N) is 2. The van der Waals surface area contributed by atoms with Crippen molar-refractivity contribution in [2.45, 2.75) is 6.54 Å². The molecule has 0 aliphatic carbocycles. The number of fused-ring (bicyclic) bond motifs is 3. The maximum atomic E-state index is 12.8. The molecule has 2 aromatic heterocycles. The molecule has 5 rings (SSSR count). The number of rotatable bonds is 3. The van der Waals surface area contributed by atoms with Crippen molar-refractivity contribution in [3.05, 3.63) is 47.0 Å². The van der Waals surface area contributed by atoms with Gasteiger partial charge in [-0.2, -0.15) is 4.99 Å². The van der Waals surface area contributed by atoms with Crippen LogP contribution in [-0.2, 0) is 6.54 Å². The highest BCUT2D eigenvalue weighted by Gasteiger charge is 2.19. The monoisotopic (exact) mass is 406 g/mol. The van der Waals surface area contributed by atoms with Gasteiger partial charge in [-0.3, -0.25) is 4.79 Å². The van der Waals surface area contributed by atoms with E-state index in [0.29, 0.717) is 27.6 Å². The number of terminal acetylenes is 1. The molecular formula is C21H14N2O5S. The number of furan rings is 1. The summed E-state index contributed by atoms with van der Waals surface area (Å²) in [4.78, 5) is 17.6. The van der Waals surface area contributed by atoms with Gasteiger partial charge in [0, 0.05) is 17.5 Å². The first kappa shape index (κ1) is 17.4. The summed E-state index contributed by atoms with van der Waals surface area (Å²) in [6.07, 6.45) is 5.54. The Morgan fingerprint density at radius 3 is 2.93 bits per heavy atom. The number of carbonyl (C=O) groups is 1. The van der Waals surface area contributed by atoms with Crippen LogP contribution in [0.15, 0.2) is 45.8 Å². The third kappa shape index (κ3) is 2.83. The molecule has 3 heterocycles. The minimum atomic E-state index is -0.499. The van der Waals surface area contributed by atoms with Crippen LogP contribution >= 0.6 is 11.3 Å². The maximum Gasteiger partial charge on any atom is 0.315 e. The summed E-state index contributed by atoms with van der Waals surface area (Å²) in [7, 11) is 1.55. The first-order valence-corrected chi connectivity index (χ1v) is 9.51. The van der Waals surface area contributed by atoms with E-state index in [1.807, 2.05) is 24.3 Å². The van der Waals surface area contributed by atoms with E-state index in [1.165, 1.54) is 11.3 Å². The smallest absolute Gasteiger partial charge is 0.315 e. The molecule has 7 nitrogen and oxygen atoms in total. The lowest BCUT2D eigenvalue weighted by atomic mass is 10.2. The standard InChI is InChI=1S/C21H14N2O5S/c1-3-7-23-13-9-15-16(27-11-26-15)10-18(13)29-21(23)22-20(24)17-8-12-5-4-6-14(25-2)19(12)28-17/h1,4-6,8-10H,7,11H2,2H3. The molecule has 29 heavy (non-hydrogen) atoms. The molecule has 0 unspecified atom stereocenters. The minimum absolute atomic E-state index is 0.128. The molecule has 0 radical (unpaired) electrons. The van der Waals surface area contributed by atoms with Crippen LogP contribution < -0.4 is 19.0 Å². The fourth-order valence-corrected chi connectivity index (χ4v) is 4.27. The summed E-state index contributed by atoms with van der Waals surface area (Å²) >= 11 is 1.35. The molecule has 0 saturated carbocycles. The molecule has 4 aromatic rings. The Balaban J connectivity index is 1.64. The van der Waals surface area contributed by atoms with Crippen LogP contribution in [0.1, 0.15) is 10.6 Å². The molecule has 0 atom stereocenters. The number of hydrogen-bond acceptors (Lipinski definition) is 6. The molecule has 0 fully saturated rings. The van der Waals surface area contributed by atoms with Gasteiger partial charge in [-0.15, -0.1) is 6.42 Å². The largest absolute Gasteiger partial charge is 0.493 e. The van der Waals surface area contributed by atoms with Crippen LogP contribution in [-0.4, -0.2) is 24.4 Å². The van der Waals surface area contributed by atoms with Crippen molar-refractivity contribution in [3.8, 4) is 29.6 Å². The van der Waals surface area contributed by atoms with Crippen LogP contribution in [0.25, 0.3) is 21.2 Å². The molecular weight excluding hydrogens is 392 g/mol. The average Bonchev–Trinajstić information content (AvgIpc) is 3.43. The highest BCUT2D eigenvalue weighted by Crippen LogP contribution is 2.37. The van der Waals surface area contributed by atoms with Crippen LogP contribution in [0.2, 0.25) is 0 Å². The third-order valence-electron chi connectivity index (χ3n) is 4.56. The highest BCUT2D eigenvalue weighted by atomic mass is 32.1. The number of carbonyl (C=O) groups excluding carboxylic acids is 1. The van der Waals surface area contributed by atoms with Crippen molar-refractivity contribution in [2.75, 3.05) is 13.9 Å². The van der Waals surface area contributed by atoms with E-state index in [1.54, 1.807) is 23.8 Å². The van der Waals surface area contributed by atoms with Gasteiger partial charge >= 0.3 is 5.91 Å². The molecule has 8 heteroatoms. The topological polar surface area (TPSA) is 75.2 Å². The molecule has 144 valence electrons. The van der Waals surface area contributed by atoms with E-state index in [4.69, 9.17) is 25.1 Å². The Labute approximate surface area is 168 Å². The second-order valence-corrected chi connectivity index (χ2v) is 7.26. The summed E-state index contributed by atoms with van der Waals surface area (Å²) < 4.78 is 24.6. The fourth-order valence-electron chi connectivity index (χ4n) is 3.23. The average molecular weight is 406 g/mol. The number of amides is 1. The number of aromatic nitrogens is 1. The van der Waals surface area contributed by atoms with Gasteiger partial charge in [0.1, 0.15) is 0 Å². The zero-order valence-electron chi connectivity index (χ0n) is 15.3. The Kier molecular flexibility index (Phi) is 4.03. The first-order valence-electron chi connectivity index (χ1n) is 8.70. The quantitative estimate of drug-likeness (QED) is 0.487. The first-order chi connectivity index (χ1) is 14.2. The van der Waals surface area contributed by atoms with Gasteiger partial charge in [-0.05, 0) is 12.1 Å². The summed E-state index contributed by atoms with van der Waals surface area (Å²) in [5.41, 5.74) is 1.34. The number of ether oxygens (including phenoxy) is 3. The molecule has 0 spiro atoms. The number of benzene rings is 2. The maximum absolute atomic E-state index is 12.8. The van der Waals surface area contributed by atoms with Gasteiger partial charge in [0.25, 0.3) is 0 Å². The lowest BCUT2D eigenvalue weighted by Gasteiger charge is -2.01. The number of hydrogen-bond donors (Lipinski definition) is 0. The second-order valence-electron chi connectivity index (χ2n) is 6.25. The van der Waals surface area contributed by atoms with Crippen molar-refractivity contribution >= 4 is 38.4 Å². The van der Waals surface area contributed by atoms with Gasteiger partial charge in [0.15, 0.2) is 33.4 Å². The zero-order chi connectivity index (χ0) is 20.0. The number of para-hydroxylation sites is 1. The van der Waals surface area contributed by atoms with Gasteiger partial charge in [-0.25, -0.2) is 0 Å². The molecule has 1 aliphatic rings. The van der Waals surface area contributed by atoms with Gasteiger partial charge in [0.2, 0.25) is 6.79 Å². The third-order valence-corrected chi connectivity index (χ3v) is 5.60. The molecule has 1 amide bonds. The lowest BCUT2D eigenvalue weighted by molar-refractivity contribution is 0.0973. The Bertz CT molecular complexity index is 1390. The highest BCUT2D eigenvalue weighted by molar-refractivity contribution is 7.16. The molecule has 2 aromatic carbocycles. The minimum Gasteiger partial charge on any atom is -0.493 e. The second kappa shape index (κ2) is 6.72. The molecule has 0 N–H and O–H groups in total. The van der Waals surface area contributed by atoms with Gasteiger partial charge < -0.3 is 23.2 Å². The molecule has 1 aliphatic heterocycles. The normalized spacial score (nSPS) is 13.2. The van der Waals surface area contributed by atoms with E-state index >= 15 is 0 Å². The van der Waals surface area contributed by atoms with E-state index in [9.17, 15) is 4.79 Å². The summed E-state index contributed by atoms with van der Waals surface area (Å²) in [5, 5.41) is 0.765. The molecule has 0 bridgehead atoms. The van der Waals surface area contributed by atoms with Crippen LogP contribution in [0.5, 0.6) is 17.2 Å². The SMILES string of the molecule is C#CCn1c(=NC(=O)c2cc3cccc(OC)c3o2)sc2cc3c(cc21)OCO3. The Morgan fingerprint density at radius 2 is 2.14 bits per heavy atom. The number of methoxy groups -OCH3 is 1. The van der Waals surface area contributed by atoms with Crippen molar-refractivity contribution in [1.82, 2.24) is 4.57 Å². The summed E-state index contributed by atoms with van der Waals surface area (Å²) in [6.45, 7) is 0.451. The van der Waals surface area contributed by atoms with E-state index in [-0.39, 0.29) is 19.1 Å². The number of thiazole rings is 1. The van der Waals surface area contributed by atoms with Crippen molar-refractivity contribution in [3.63, 3.8) is 0 Å². The van der Waals surface area contributed by atoms with Gasteiger partial charge in [0.05, 0.1) is 23.9 Å².